The van der Waals surface area contributed by atoms with Gasteiger partial charge in [-0.3, -0.25) is 14.2 Å². The molecule has 0 saturated heterocycles. The first-order chi connectivity index (χ1) is 29.0. The maximum atomic E-state index is 12.6. The molecule has 0 amide bonds. The number of rotatable bonds is 40. The Morgan fingerprint density at radius 3 is 1.50 bits per heavy atom. The molecule has 0 bridgehead atoms. The Bertz CT molecular complexity index is 1340. The number of ether oxygens (including phenoxy) is 2. The maximum Gasteiger partial charge on any atom is 0.310 e. The lowest BCUT2D eigenvalue weighted by atomic mass is 10.1. The van der Waals surface area contributed by atoms with Crippen LogP contribution in [0.2, 0.25) is 0 Å². The fraction of sp³-hybridized carbons (Fsp3) is 0.640. The van der Waals surface area contributed by atoms with Gasteiger partial charge in [0.15, 0.2) is 6.10 Å². The number of allylic oxidation sites excluding steroid dienone is 15. The highest BCUT2D eigenvalue weighted by atomic mass is 31.2. The second kappa shape index (κ2) is 41.3. The number of likely N-dealkylation sites (N-methyl/N-ethyl adjacent to an activating group) is 1. The maximum absolute atomic E-state index is 12.6. The standard InChI is InChI=1S/C50H84NO8P/c1-6-8-10-12-14-16-18-20-22-23-24-25-26-27-29-30-32-34-36-38-40-42-49(52)56-46-48(47-58-60(54,55)57-45-44-51(3,4)5)59-50(53)43-41-39-37-35-33-31-28-21-19-17-15-13-11-9-7-2/h9,11,15,17-18,20-21,23-24,26-28,33,35,39,41,48H,6-8,10,12-14,16,19,22,25,29-32,34,36-38,40,42-47H2,1-5H3/b11-9-,17-15-,20-18-,24-23-,27-26-,28-21-,35-33-,41-39-. The minimum atomic E-state index is -4.66. The van der Waals surface area contributed by atoms with Crippen LogP contribution in [0.4, 0.5) is 0 Å². The van der Waals surface area contributed by atoms with Gasteiger partial charge in [-0.05, 0) is 77.0 Å². The van der Waals surface area contributed by atoms with E-state index >= 15 is 0 Å². The van der Waals surface area contributed by atoms with Crippen LogP contribution in [0.15, 0.2) is 97.2 Å². The van der Waals surface area contributed by atoms with Crippen molar-refractivity contribution in [3.63, 3.8) is 0 Å². The topological polar surface area (TPSA) is 111 Å². The lowest BCUT2D eigenvalue weighted by Crippen LogP contribution is -2.37. The molecule has 2 atom stereocenters. The number of hydrogen-bond acceptors (Lipinski definition) is 8. The van der Waals surface area contributed by atoms with Gasteiger partial charge in [0.1, 0.15) is 19.8 Å². The summed E-state index contributed by atoms with van der Waals surface area (Å²) in [4.78, 5) is 37.5. The van der Waals surface area contributed by atoms with Crippen LogP contribution in [-0.2, 0) is 32.7 Å². The van der Waals surface area contributed by atoms with Crippen LogP contribution in [0.25, 0.3) is 0 Å². The fourth-order valence-electron chi connectivity index (χ4n) is 5.56. The molecule has 0 aromatic heterocycles. The van der Waals surface area contributed by atoms with E-state index in [9.17, 15) is 19.0 Å². The summed E-state index contributed by atoms with van der Waals surface area (Å²) in [7, 11) is 1.08. The summed E-state index contributed by atoms with van der Waals surface area (Å²) >= 11 is 0. The van der Waals surface area contributed by atoms with Crippen molar-refractivity contribution in [3.05, 3.63) is 97.2 Å². The normalized spacial score (nSPS) is 14.4. The number of hydrogen-bond donors (Lipinski definition) is 0. The Labute approximate surface area is 366 Å². The Balaban J connectivity index is 4.46. The van der Waals surface area contributed by atoms with Crippen LogP contribution in [-0.4, -0.2) is 70.0 Å². The first kappa shape index (κ1) is 56.9. The molecule has 2 unspecified atom stereocenters. The van der Waals surface area contributed by atoms with Gasteiger partial charge in [0.2, 0.25) is 0 Å². The third kappa shape index (κ3) is 44.5. The second-order valence-electron chi connectivity index (χ2n) is 16.0. The predicted molar refractivity (Wildman–Crippen MR) is 249 cm³/mol. The molecule has 0 aromatic rings. The number of quaternary nitrogens is 1. The summed E-state index contributed by atoms with van der Waals surface area (Å²) < 4.78 is 33.8. The number of unbranched alkanes of at least 4 members (excludes halogenated alkanes) is 11. The van der Waals surface area contributed by atoms with Gasteiger partial charge < -0.3 is 27.9 Å². The van der Waals surface area contributed by atoms with Gasteiger partial charge in [-0.25, -0.2) is 0 Å². The molecule has 0 fully saturated rings. The van der Waals surface area contributed by atoms with Crippen molar-refractivity contribution in [2.45, 2.75) is 161 Å². The van der Waals surface area contributed by atoms with Crippen LogP contribution >= 0.6 is 7.82 Å². The van der Waals surface area contributed by atoms with Crippen molar-refractivity contribution in [2.75, 3.05) is 47.5 Å². The average molecular weight is 858 g/mol. The largest absolute Gasteiger partial charge is 0.756 e. The molecule has 0 saturated carbocycles. The molecule has 10 heteroatoms. The summed E-state index contributed by atoms with van der Waals surface area (Å²) in [5, 5.41) is 0. The quantitative estimate of drug-likeness (QED) is 0.0197. The zero-order valence-electron chi connectivity index (χ0n) is 38.4. The van der Waals surface area contributed by atoms with Crippen molar-refractivity contribution in [2.24, 2.45) is 0 Å². The van der Waals surface area contributed by atoms with E-state index in [2.05, 4.69) is 92.8 Å². The predicted octanol–water partition coefficient (Wildman–Crippen LogP) is 12.7. The van der Waals surface area contributed by atoms with Gasteiger partial charge in [-0.15, -0.1) is 0 Å². The van der Waals surface area contributed by atoms with Crippen molar-refractivity contribution in [3.8, 4) is 0 Å². The Morgan fingerprint density at radius 1 is 0.550 bits per heavy atom. The van der Waals surface area contributed by atoms with Gasteiger partial charge in [0, 0.05) is 6.42 Å². The fourth-order valence-corrected chi connectivity index (χ4v) is 6.29. The minimum absolute atomic E-state index is 0.0158. The Kier molecular flexibility index (Phi) is 39.2. The SMILES string of the molecule is CC/C=C\C/C=C\C/C=C\C/C=C\C/C=C\CC(=O)OC(COC(=O)CCCCCCCC/C=C\C/C=C\C/C=C\CCCCCCC)COP(=O)([O-])OCC[N+](C)(C)C. The molecule has 0 aliphatic rings. The Morgan fingerprint density at radius 2 is 1.00 bits per heavy atom. The molecule has 0 aromatic carbocycles. The molecule has 342 valence electrons. The number of nitrogens with zero attached hydrogens (tertiary/aromatic N) is 1. The summed E-state index contributed by atoms with van der Waals surface area (Å²) in [6.07, 6.45) is 54.7. The monoisotopic (exact) mass is 858 g/mol. The van der Waals surface area contributed by atoms with E-state index < -0.39 is 32.5 Å². The molecular formula is C50H84NO8P. The molecule has 0 spiro atoms. The number of phosphoric acid groups is 1. The van der Waals surface area contributed by atoms with Crippen molar-refractivity contribution >= 4 is 19.8 Å². The smallest absolute Gasteiger partial charge is 0.310 e. The zero-order chi connectivity index (χ0) is 44.3. The highest BCUT2D eigenvalue weighted by molar-refractivity contribution is 7.45. The van der Waals surface area contributed by atoms with Crippen molar-refractivity contribution in [1.82, 2.24) is 0 Å². The number of esters is 2. The van der Waals surface area contributed by atoms with Crippen LogP contribution in [0.1, 0.15) is 155 Å². The van der Waals surface area contributed by atoms with Crippen LogP contribution in [0.3, 0.4) is 0 Å². The number of phosphoric ester groups is 1. The second-order valence-corrected chi connectivity index (χ2v) is 17.5. The van der Waals surface area contributed by atoms with Crippen LogP contribution in [0, 0.1) is 0 Å². The van der Waals surface area contributed by atoms with Gasteiger partial charge in [-0.1, -0.05) is 162 Å². The van der Waals surface area contributed by atoms with E-state index in [1.807, 2.05) is 33.3 Å². The van der Waals surface area contributed by atoms with Gasteiger partial charge >= 0.3 is 11.9 Å². The number of carbonyl (C=O) groups excluding carboxylic acids is 2. The summed E-state index contributed by atoms with van der Waals surface area (Å²) in [6.45, 7) is 3.95. The molecule has 0 aliphatic heterocycles. The molecule has 9 nitrogen and oxygen atoms in total. The molecule has 0 rings (SSSR count). The highest BCUT2D eigenvalue weighted by Crippen LogP contribution is 2.38. The van der Waals surface area contributed by atoms with Gasteiger partial charge in [0.05, 0.1) is 34.2 Å². The molecular weight excluding hydrogens is 774 g/mol. The summed E-state index contributed by atoms with van der Waals surface area (Å²) in [5.74, 6) is -1.01. The highest BCUT2D eigenvalue weighted by Gasteiger charge is 2.21. The average Bonchev–Trinajstić information content (AvgIpc) is 3.20. The van der Waals surface area contributed by atoms with E-state index in [-0.39, 0.29) is 26.1 Å². The Hall–Kier alpha value is -3.07. The van der Waals surface area contributed by atoms with Crippen molar-refractivity contribution in [1.29, 1.82) is 0 Å². The van der Waals surface area contributed by atoms with E-state index in [0.29, 0.717) is 23.9 Å². The van der Waals surface area contributed by atoms with Gasteiger partial charge in [-0.2, -0.15) is 0 Å². The third-order valence-corrected chi connectivity index (χ3v) is 10.1. The molecule has 0 aliphatic carbocycles. The zero-order valence-corrected chi connectivity index (χ0v) is 39.3. The lowest BCUT2D eigenvalue weighted by molar-refractivity contribution is -0.870. The molecule has 0 radical (unpaired) electrons. The van der Waals surface area contributed by atoms with E-state index in [4.69, 9.17) is 18.5 Å². The lowest BCUT2D eigenvalue weighted by Gasteiger charge is -2.28. The van der Waals surface area contributed by atoms with E-state index in [1.54, 1.807) is 6.08 Å². The molecule has 0 heterocycles. The summed E-state index contributed by atoms with van der Waals surface area (Å²) in [5.41, 5.74) is 0. The van der Waals surface area contributed by atoms with Crippen LogP contribution in [0.5, 0.6) is 0 Å². The molecule has 0 N–H and O–H groups in total. The molecule has 60 heavy (non-hydrogen) atoms. The van der Waals surface area contributed by atoms with Crippen LogP contribution < -0.4 is 4.89 Å². The van der Waals surface area contributed by atoms with Crippen molar-refractivity contribution < 1.29 is 42.1 Å². The summed E-state index contributed by atoms with van der Waals surface area (Å²) in [6, 6.07) is 0. The van der Waals surface area contributed by atoms with E-state index in [0.717, 1.165) is 77.0 Å². The first-order valence-corrected chi connectivity index (χ1v) is 24.4. The third-order valence-electron chi connectivity index (χ3n) is 9.12. The minimum Gasteiger partial charge on any atom is -0.756 e. The van der Waals surface area contributed by atoms with E-state index in [1.165, 1.54) is 38.5 Å². The first-order valence-electron chi connectivity index (χ1n) is 22.9. The number of carbonyl (C=O) groups is 2. The van der Waals surface area contributed by atoms with Gasteiger partial charge in [0.25, 0.3) is 7.82 Å².